The Bertz CT molecular complexity index is 567. The van der Waals surface area contributed by atoms with Gasteiger partial charge in [0.05, 0.1) is 6.61 Å². The molecule has 0 radical (unpaired) electrons. The van der Waals surface area contributed by atoms with Crippen LogP contribution in [-0.2, 0) is 0 Å². The van der Waals surface area contributed by atoms with Crippen LogP contribution in [0.3, 0.4) is 0 Å². The first kappa shape index (κ1) is 23.0. The fourth-order valence-corrected chi connectivity index (χ4v) is 2.40. The van der Waals surface area contributed by atoms with Gasteiger partial charge in [-0.15, -0.1) is 0 Å². The first-order valence-corrected chi connectivity index (χ1v) is 9.23. The van der Waals surface area contributed by atoms with Crippen LogP contribution in [0.5, 0.6) is 11.5 Å². The van der Waals surface area contributed by atoms with E-state index < -0.39 is 0 Å². The maximum Gasteiger partial charge on any atom is 0.165 e. The number of hydrogen-bond acceptors (Lipinski definition) is 3. The van der Waals surface area contributed by atoms with Crippen LogP contribution in [0.25, 0.3) is 11.1 Å². The van der Waals surface area contributed by atoms with E-state index in [1.165, 1.54) is 0 Å². The van der Waals surface area contributed by atoms with Crippen molar-refractivity contribution < 1.29 is 9.84 Å². The van der Waals surface area contributed by atoms with Crippen molar-refractivity contribution in [3.63, 3.8) is 0 Å². The summed E-state index contributed by atoms with van der Waals surface area (Å²) in [6.07, 6.45) is 0. The van der Waals surface area contributed by atoms with Gasteiger partial charge in [-0.1, -0.05) is 77.1 Å². The van der Waals surface area contributed by atoms with Crippen LogP contribution in [0.4, 0.5) is 0 Å². The van der Waals surface area contributed by atoms with Gasteiger partial charge in [0, 0.05) is 18.0 Å². The van der Waals surface area contributed by atoms with Crippen LogP contribution in [-0.4, -0.2) is 37.3 Å². The van der Waals surface area contributed by atoms with Crippen LogP contribution in [0.15, 0.2) is 48.5 Å². The summed E-state index contributed by atoms with van der Waals surface area (Å²) in [5.41, 5.74) is 1.79. The monoisotopic (exact) mass is 345 g/mol. The van der Waals surface area contributed by atoms with E-state index in [4.69, 9.17) is 4.74 Å². The smallest absolute Gasteiger partial charge is 0.165 e. The van der Waals surface area contributed by atoms with E-state index in [9.17, 15) is 5.11 Å². The second-order valence-corrected chi connectivity index (χ2v) is 5.70. The summed E-state index contributed by atoms with van der Waals surface area (Å²) >= 11 is 0. The molecule has 0 heterocycles. The molecular formula is C22H35NO2. The average Bonchev–Trinajstić information content (AvgIpc) is 2.64. The molecule has 140 valence electrons. The Hall–Kier alpha value is -2.00. The molecule has 0 aliphatic heterocycles. The van der Waals surface area contributed by atoms with Gasteiger partial charge < -0.3 is 14.7 Å². The zero-order valence-corrected chi connectivity index (χ0v) is 16.9. The topological polar surface area (TPSA) is 32.7 Å². The lowest BCUT2D eigenvalue weighted by molar-refractivity contribution is 0.216. The number of phenolic OH excluding ortho intramolecular Hbond substituents is 1. The van der Waals surface area contributed by atoms with Gasteiger partial charge in [0.2, 0.25) is 0 Å². The highest BCUT2D eigenvalue weighted by molar-refractivity contribution is 5.73. The van der Waals surface area contributed by atoms with Gasteiger partial charge in [-0.2, -0.15) is 0 Å². The zero-order valence-electron chi connectivity index (χ0n) is 16.9. The molecule has 0 saturated heterocycles. The van der Waals surface area contributed by atoms with E-state index in [1.54, 1.807) is 0 Å². The molecule has 2 rings (SSSR count). The Morgan fingerprint density at radius 2 is 1.52 bits per heavy atom. The number of para-hydroxylation sites is 1. The molecule has 3 nitrogen and oxygen atoms in total. The van der Waals surface area contributed by atoms with Gasteiger partial charge in [0.25, 0.3) is 0 Å². The lowest BCUT2D eigenvalue weighted by atomic mass is 10.0. The summed E-state index contributed by atoms with van der Waals surface area (Å²) < 4.78 is 5.78. The van der Waals surface area contributed by atoms with E-state index in [2.05, 4.69) is 11.8 Å². The summed E-state index contributed by atoms with van der Waals surface area (Å²) in [4.78, 5) is 2.13. The number of aromatic hydroxyl groups is 1. The van der Waals surface area contributed by atoms with Gasteiger partial charge >= 0.3 is 0 Å². The van der Waals surface area contributed by atoms with Crippen molar-refractivity contribution in [1.82, 2.24) is 4.90 Å². The molecule has 0 bridgehead atoms. The number of benzene rings is 2. The number of hydrogen-bond donors (Lipinski definition) is 1. The summed E-state index contributed by atoms with van der Waals surface area (Å²) in [5, 5.41) is 10.4. The highest BCUT2D eigenvalue weighted by Crippen LogP contribution is 2.36. The third kappa shape index (κ3) is 8.08. The van der Waals surface area contributed by atoms with E-state index in [-0.39, 0.29) is 5.75 Å². The third-order valence-corrected chi connectivity index (χ3v) is 3.28. The van der Waals surface area contributed by atoms with Crippen molar-refractivity contribution >= 4 is 0 Å². The minimum Gasteiger partial charge on any atom is -0.504 e. The second-order valence-electron chi connectivity index (χ2n) is 5.70. The van der Waals surface area contributed by atoms with Gasteiger partial charge in [-0.05, 0) is 25.7 Å². The molecule has 0 aliphatic rings. The SMILES string of the molecule is CC.CC.C[C@@H](COc1cccc(-c2ccccc2)c1O)CN(C)C. The molecule has 2 aromatic rings. The Balaban J connectivity index is 0.00000134. The molecule has 2 aromatic carbocycles. The molecule has 0 aliphatic carbocycles. The van der Waals surface area contributed by atoms with Crippen LogP contribution >= 0.6 is 0 Å². The maximum absolute atomic E-state index is 10.4. The molecule has 3 heteroatoms. The van der Waals surface area contributed by atoms with E-state index in [1.807, 2.05) is 90.3 Å². The minimum absolute atomic E-state index is 0.209. The fourth-order valence-electron chi connectivity index (χ4n) is 2.40. The predicted octanol–water partition coefficient (Wildman–Crippen LogP) is 5.69. The highest BCUT2D eigenvalue weighted by Gasteiger charge is 2.11. The third-order valence-electron chi connectivity index (χ3n) is 3.28. The molecular weight excluding hydrogens is 310 g/mol. The Labute approximate surface area is 154 Å². The number of phenols is 1. The first-order valence-electron chi connectivity index (χ1n) is 9.23. The van der Waals surface area contributed by atoms with Crippen LogP contribution in [0, 0.1) is 5.92 Å². The second kappa shape index (κ2) is 13.3. The highest BCUT2D eigenvalue weighted by atomic mass is 16.5. The molecule has 25 heavy (non-hydrogen) atoms. The molecule has 0 aromatic heterocycles. The summed E-state index contributed by atoms with van der Waals surface area (Å²) in [7, 11) is 4.09. The van der Waals surface area contributed by atoms with Gasteiger partial charge in [0.15, 0.2) is 11.5 Å². The standard InChI is InChI=1S/C18H23NO2.2C2H6/c1-14(12-19(2)3)13-21-17-11-7-10-16(18(17)20)15-8-5-4-6-9-15;2*1-2/h4-11,14,20H,12-13H2,1-3H3;2*1-2H3/t14-;;/m1../s1. The van der Waals surface area contributed by atoms with Crippen molar-refractivity contribution in [2.45, 2.75) is 34.6 Å². The molecule has 0 spiro atoms. The van der Waals surface area contributed by atoms with Crippen molar-refractivity contribution in [2.24, 2.45) is 5.92 Å². The normalized spacial score (nSPS) is 10.9. The summed E-state index contributed by atoms with van der Waals surface area (Å²) in [6.45, 7) is 11.7. The number of nitrogens with zero attached hydrogens (tertiary/aromatic N) is 1. The Kier molecular flexibility index (Phi) is 12.2. The van der Waals surface area contributed by atoms with Gasteiger partial charge in [-0.25, -0.2) is 0 Å². The van der Waals surface area contributed by atoms with Crippen molar-refractivity contribution in [1.29, 1.82) is 0 Å². The predicted molar refractivity (Wildman–Crippen MR) is 109 cm³/mol. The zero-order chi connectivity index (χ0) is 19.2. The van der Waals surface area contributed by atoms with Crippen LogP contribution in [0.2, 0.25) is 0 Å². The van der Waals surface area contributed by atoms with Gasteiger partial charge in [0.1, 0.15) is 0 Å². The van der Waals surface area contributed by atoms with Crippen molar-refractivity contribution in [3.8, 4) is 22.6 Å². The molecule has 0 amide bonds. The largest absolute Gasteiger partial charge is 0.504 e. The van der Waals surface area contributed by atoms with Crippen molar-refractivity contribution in [3.05, 3.63) is 48.5 Å². The number of ether oxygens (including phenoxy) is 1. The maximum atomic E-state index is 10.4. The van der Waals surface area contributed by atoms with Crippen LogP contribution < -0.4 is 4.74 Å². The lowest BCUT2D eigenvalue weighted by Crippen LogP contribution is -2.24. The van der Waals surface area contributed by atoms with Crippen molar-refractivity contribution in [2.75, 3.05) is 27.2 Å². The molecule has 0 saturated carbocycles. The Morgan fingerprint density at radius 3 is 2.08 bits per heavy atom. The summed E-state index contributed by atoms with van der Waals surface area (Å²) in [5.74, 6) is 1.16. The van der Waals surface area contributed by atoms with Gasteiger partial charge in [-0.3, -0.25) is 0 Å². The van der Waals surface area contributed by atoms with E-state index >= 15 is 0 Å². The number of rotatable bonds is 6. The molecule has 0 unspecified atom stereocenters. The Morgan fingerprint density at radius 1 is 0.920 bits per heavy atom. The summed E-state index contributed by atoms with van der Waals surface area (Å²) in [6, 6.07) is 15.5. The molecule has 1 N–H and O–H groups in total. The quantitative estimate of drug-likeness (QED) is 0.730. The average molecular weight is 346 g/mol. The minimum atomic E-state index is 0.209. The molecule has 0 fully saturated rings. The van der Waals surface area contributed by atoms with E-state index in [0.29, 0.717) is 18.3 Å². The van der Waals surface area contributed by atoms with E-state index in [0.717, 1.165) is 17.7 Å². The fraction of sp³-hybridized carbons (Fsp3) is 0.455. The lowest BCUT2D eigenvalue weighted by Gasteiger charge is -2.18. The first-order chi connectivity index (χ1) is 12.1. The molecule has 1 atom stereocenters. The van der Waals surface area contributed by atoms with Crippen LogP contribution in [0.1, 0.15) is 34.6 Å².